The monoisotopic (exact) mass is 276 g/mol. The van der Waals surface area contributed by atoms with Gasteiger partial charge in [0.25, 0.3) is 0 Å². The summed E-state index contributed by atoms with van der Waals surface area (Å²) in [5, 5.41) is 34.8. The van der Waals surface area contributed by atoms with Gasteiger partial charge >= 0.3 is 0 Å². The second-order valence-electron chi connectivity index (χ2n) is 4.22. The van der Waals surface area contributed by atoms with Crippen LogP contribution in [0.5, 0.6) is 0 Å². The van der Waals surface area contributed by atoms with Crippen LogP contribution in [0.3, 0.4) is 0 Å². The van der Waals surface area contributed by atoms with Crippen molar-refractivity contribution in [3.8, 4) is 0 Å². The molecular formula is C16H20O4. The Bertz CT molecular complexity index is 448. The molecule has 0 aliphatic heterocycles. The lowest BCUT2D eigenvalue weighted by molar-refractivity contribution is 0.260. The van der Waals surface area contributed by atoms with E-state index in [0.717, 1.165) is 22.3 Å². The molecule has 0 radical (unpaired) electrons. The van der Waals surface area contributed by atoms with Crippen molar-refractivity contribution in [1.29, 1.82) is 0 Å². The standard InChI is InChI=1S/2C8H10O2/c9-5-7-1-2-8(6-10)4-3-7;9-5-7-3-1-2-4-8(7)6-10/h2*1-4,9-10H,5-6H2. The van der Waals surface area contributed by atoms with E-state index in [2.05, 4.69) is 0 Å². The Morgan fingerprint density at radius 3 is 1.10 bits per heavy atom. The third-order valence-corrected chi connectivity index (χ3v) is 2.85. The van der Waals surface area contributed by atoms with Crippen LogP contribution >= 0.6 is 0 Å². The highest BCUT2D eigenvalue weighted by atomic mass is 16.3. The Morgan fingerprint density at radius 1 is 0.500 bits per heavy atom. The van der Waals surface area contributed by atoms with Gasteiger partial charge in [0.05, 0.1) is 26.4 Å². The number of rotatable bonds is 4. The molecule has 0 saturated heterocycles. The van der Waals surface area contributed by atoms with Crippen LogP contribution in [-0.4, -0.2) is 20.4 Å². The molecule has 2 aromatic rings. The summed E-state index contributed by atoms with van der Waals surface area (Å²) in [4.78, 5) is 0. The molecule has 0 spiro atoms. The smallest absolute Gasteiger partial charge is 0.0685 e. The zero-order valence-electron chi connectivity index (χ0n) is 11.2. The van der Waals surface area contributed by atoms with Gasteiger partial charge < -0.3 is 20.4 Å². The van der Waals surface area contributed by atoms with Gasteiger partial charge in [0.2, 0.25) is 0 Å². The Morgan fingerprint density at radius 2 is 0.850 bits per heavy atom. The third-order valence-electron chi connectivity index (χ3n) is 2.85. The highest BCUT2D eigenvalue weighted by Crippen LogP contribution is 2.07. The van der Waals surface area contributed by atoms with Crippen molar-refractivity contribution in [3.63, 3.8) is 0 Å². The molecule has 0 amide bonds. The van der Waals surface area contributed by atoms with Crippen LogP contribution in [-0.2, 0) is 26.4 Å². The lowest BCUT2D eigenvalue weighted by Crippen LogP contribution is -1.91. The first kappa shape index (κ1) is 16.3. The minimum atomic E-state index is -0.00324. The predicted octanol–water partition coefficient (Wildman–Crippen LogP) is 1.34. The van der Waals surface area contributed by atoms with Gasteiger partial charge in [0.1, 0.15) is 0 Å². The first-order chi connectivity index (χ1) is 9.74. The van der Waals surface area contributed by atoms with E-state index in [0.29, 0.717) is 0 Å². The summed E-state index contributed by atoms with van der Waals surface area (Å²) in [5.74, 6) is 0. The van der Waals surface area contributed by atoms with E-state index in [4.69, 9.17) is 20.4 Å². The van der Waals surface area contributed by atoms with Crippen LogP contribution in [0.1, 0.15) is 22.3 Å². The Labute approximate surface area is 118 Å². The van der Waals surface area contributed by atoms with Crippen molar-refractivity contribution in [2.24, 2.45) is 0 Å². The maximum atomic E-state index is 8.74. The van der Waals surface area contributed by atoms with E-state index in [1.165, 1.54) is 0 Å². The zero-order chi connectivity index (χ0) is 14.8. The number of aliphatic hydroxyl groups is 4. The highest BCUT2D eigenvalue weighted by Gasteiger charge is 1.96. The fraction of sp³-hybridized carbons (Fsp3) is 0.250. The minimum absolute atomic E-state index is 0.00324. The van der Waals surface area contributed by atoms with E-state index in [-0.39, 0.29) is 26.4 Å². The fourth-order valence-electron chi connectivity index (χ4n) is 1.62. The van der Waals surface area contributed by atoms with Gasteiger partial charge in [-0.3, -0.25) is 0 Å². The summed E-state index contributed by atoms with van der Waals surface area (Å²) in [6.45, 7) is 0.116. The maximum absolute atomic E-state index is 8.74. The molecule has 0 aliphatic rings. The fourth-order valence-corrected chi connectivity index (χ4v) is 1.62. The normalized spacial score (nSPS) is 9.80. The van der Waals surface area contributed by atoms with Crippen molar-refractivity contribution in [2.75, 3.05) is 0 Å². The highest BCUT2D eigenvalue weighted by molar-refractivity contribution is 5.25. The molecule has 2 aromatic carbocycles. The number of aliphatic hydroxyl groups excluding tert-OH is 4. The topological polar surface area (TPSA) is 80.9 Å². The molecule has 108 valence electrons. The third kappa shape index (κ3) is 5.11. The number of benzene rings is 2. The lowest BCUT2D eigenvalue weighted by atomic mass is 10.1. The minimum Gasteiger partial charge on any atom is -0.392 e. The average molecular weight is 276 g/mol. The van der Waals surface area contributed by atoms with Crippen LogP contribution < -0.4 is 0 Å². The van der Waals surface area contributed by atoms with Crippen LogP contribution in [0, 0.1) is 0 Å². The number of hydrogen-bond acceptors (Lipinski definition) is 4. The molecule has 20 heavy (non-hydrogen) atoms. The summed E-state index contributed by atoms with van der Waals surface area (Å²) in [7, 11) is 0. The van der Waals surface area contributed by atoms with Gasteiger partial charge in [0.15, 0.2) is 0 Å². The van der Waals surface area contributed by atoms with Crippen LogP contribution in [0.15, 0.2) is 48.5 Å². The van der Waals surface area contributed by atoms with Crippen molar-refractivity contribution >= 4 is 0 Å². The second kappa shape index (κ2) is 9.23. The number of hydrogen-bond donors (Lipinski definition) is 4. The SMILES string of the molecule is OCc1ccc(CO)cc1.OCc1ccccc1CO. The van der Waals surface area contributed by atoms with Crippen LogP contribution in [0.2, 0.25) is 0 Å². The predicted molar refractivity (Wildman–Crippen MR) is 76.6 cm³/mol. The molecule has 0 bridgehead atoms. The molecule has 0 fully saturated rings. The van der Waals surface area contributed by atoms with Gasteiger partial charge in [-0.2, -0.15) is 0 Å². The van der Waals surface area contributed by atoms with Gasteiger partial charge in [-0.1, -0.05) is 48.5 Å². The molecule has 0 aliphatic carbocycles. The maximum Gasteiger partial charge on any atom is 0.0685 e. The van der Waals surface area contributed by atoms with Crippen LogP contribution in [0.25, 0.3) is 0 Å². The Hall–Kier alpha value is -1.72. The molecule has 0 unspecified atom stereocenters. The first-order valence-electron chi connectivity index (χ1n) is 6.33. The van der Waals surface area contributed by atoms with Gasteiger partial charge in [-0.15, -0.1) is 0 Å². The van der Waals surface area contributed by atoms with Crippen molar-refractivity contribution in [3.05, 3.63) is 70.8 Å². The summed E-state index contributed by atoms with van der Waals surface area (Å²) < 4.78 is 0. The molecular weight excluding hydrogens is 256 g/mol. The first-order valence-corrected chi connectivity index (χ1v) is 6.33. The molecule has 0 atom stereocenters. The van der Waals surface area contributed by atoms with Gasteiger partial charge in [0, 0.05) is 0 Å². The van der Waals surface area contributed by atoms with E-state index in [9.17, 15) is 0 Å². The average Bonchev–Trinajstić information content (AvgIpc) is 2.55. The lowest BCUT2D eigenvalue weighted by Gasteiger charge is -2.01. The summed E-state index contributed by atoms with van der Waals surface area (Å²) >= 11 is 0. The molecule has 0 aromatic heterocycles. The Balaban J connectivity index is 0.000000200. The van der Waals surface area contributed by atoms with Gasteiger partial charge in [-0.05, 0) is 22.3 Å². The molecule has 4 N–H and O–H groups in total. The van der Waals surface area contributed by atoms with E-state index >= 15 is 0 Å². The van der Waals surface area contributed by atoms with E-state index in [1.54, 1.807) is 36.4 Å². The molecule has 0 heterocycles. The summed E-state index contributed by atoms with van der Waals surface area (Å²) in [6, 6.07) is 14.5. The molecule has 2 rings (SSSR count). The zero-order valence-corrected chi connectivity index (χ0v) is 11.2. The van der Waals surface area contributed by atoms with Gasteiger partial charge in [-0.25, -0.2) is 0 Å². The second-order valence-corrected chi connectivity index (χ2v) is 4.22. The molecule has 4 heteroatoms. The quantitative estimate of drug-likeness (QED) is 0.679. The van der Waals surface area contributed by atoms with E-state index in [1.807, 2.05) is 12.1 Å². The van der Waals surface area contributed by atoms with Crippen molar-refractivity contribution < 1.29 is 20.4 Å². The van der Waals surface area contributed by atoms with Crippen LogP contribution in [0.4, 0.5) is 0 Å². The summed E-state index contributed by atoms with van der Waals surface area (Å²) in [6.07, 6.45) is 0. The molecule has 4 nitrogen and oxygen atoms in total. The largest absolute Gasteiger partial charge is 0.392 e. The summed E-state index contributed by atoms with van der Waals surface area (Å²) in [5.41, 5.74) is 3.34. The molecule has 0 saturated carbocycles. The van der Waals surface area contributed by atoms with Crippen molar-refractivity contribution in [1.82, 2.24) is 0 Å². The van der Waals surface area contributed by atoms with E-state index < -0.39 is 0 Å². The Kier molecular flexibility index (Phi) is 7.54. The van der Waals surface area contributed by atoms with Crippen molar-refractivity contribution in [2.45, 2.75) is 26.4 Å².